The Bertz CT molecular complexity index is 673. The fraction of sp³-hybridized carbons (Fsp3) is 0.133. The largest absolute Gasteiger partial charge is 0.493 e. The monoisotopic (exact) mass is 307 g/mol. The van der Waals surface area contributed by atoms with Crippen molar-refractivity contribution >= 4 is 17.5 Å². The third kappa shape index (κ3) is 3.26. The molecule has 0 fully saturated rings. The van der Waals surface area contributed by atoms with Crippen molar-refractivity contribution in [3.8, 4) is 17.2 Å². The van der Waals surface area contributed by atoms with Gasteiger partial charge in [0.15, 0.2) is 11.5 Å². The van der Waals surface area contributed by atoms with E-state index < -0.39 is 5.91 Å². The van der Waals surface area contributed by atoms with Gasteiger partial charge in [0.05, 0.1) is 18.7 Å². The summed E-state index contributed by atoms with van der Waals surface area (Å²) in [5.74, 6) is 0.378. The van der Waals surface area contributed by atoms with Crippen molar-refractivity contribution < 1.29 is 19.4 Å². The zero-order valence-electron chi connectivity index (χ0n) is 11.3. The molecule has 2 aromatic carbocycles. The fourth-order valence-corrected chi connectivity index (χ4v) is 2.10. The highest BCUT2D eigenvalue weighted by Gasteiger charge is 2.16. The van der Waals surface area contributed by atoms with E-state index in [1.165, 1.54) is 7.11 Å². The maximum atomic E-state index is 11.5. The van der Waals surface area contributed by atoms with Gasteiger partial charge in [-0.1, -0.05) is 23.7 Å². The Hall–Kier alpha value is -2.24. The minimum atomic E-state index is -0.679. The average molecular weight is 308 g/mol. The van der Waals surface area contributed by atoms with Gasteiger partial charge in [0.2, 0.25) is 0 Å². The van der Waals surface area contributed by atoms with Gasteiger partial charge in [-0.2, -0.15) is 0 Å². The number of amides is 1. The van der Waals surface area contributed by atoms with E-state index in [9.17, 15) is 4.79 Å². The third-order valence-electron chi connectivity index (χ3n) is 2.85. The van der Waals surface area contributed by atoms with Gasteiger partial charge in [-0.15, -0.1) is 0 Å². The Morgan fingerprint density at radius 1 is 1.24 bits per heavy atom. The molecule has 2 aromatic rings. The first-order valence-corrected chi connectivity index (χ1v) is 6.48. The molecular weight excluding hydrogens is 294 g/mol. The highest BCUT2D eigenvalue weighted by atomic mass is 35.5. The van der Waals surface area contributed by atoms with Gasteiger partial charge >= 0.3 is 0 Å². The lowest BCUT2D eigenvalue weighted by molar-refractivity contribution is 0.0998. The summed E-state index contributed by atoms with van der Waals surface area (Å²) in [5.41, 5.74) is 6.10. The number of hydrogen-bond donors (Lipinski definition) is 2. The number of aliphatic hydroxyl groups excluding tert-OH is 1. The lowest BCUT2D eigenvalue weighted by Gasteiger charge is -2.13. The summed E-state index contributed by atoms with van der Waals surface area (Å²) < 4.78 is 10.9. The molecule has 5 nitrogen and oxygen atoms in total. The lowest BCUT2D eigenvalue weighted by Crippen LogP contribution is -2.13. The molecule has 0 bridgehead atoms. The number of ether oxygens (including phenoxy) is 2. The second-order valence-corrected chi connectivity index (χ2v) is 4.63. The molecule has 0 aliphatic carbocycles. The number of primary amides is 1. The van der Waals surface area contributed by atoms with E-state index in [0.29, 0.717) is 17.1 Å². The van der Waals surface area contributed by atoms with Crippen molar-refractivity contribution in [2.24, 2.45) is 5.73 Å². The van der Waals surface area contributed by atoms with E-state index in [4.69, 9.17) is 31.9 Å². The van der Waals surface area contributed by atoms with Gasteiger partial charge in [-0.3, -0.25) is 4.79 Å². The van der Waals surface area contributed by atoms with Crippen molar-refractivity contribution in [2.75, 3.05) is 7.11 Å². The number of carbonyl (C=O) groups is 1. The first-order chi connectivity index (χ1) is 10.1. The average Bonchev–Trinajstić information content (AvgIpc) is 2.47. The molecule has 0 radical (unpaired) electrons. The normalized spacial score (nSPS) is 10.2. The van der Waals surface area contributed by atoms with Crippen LogP contribution in [-0.4, -0.2) is 18.1 Å². The number of benzene rings is 2. The lowest BCUT2D eigenvalue weighted by atomic mass is 10.2. The van der Waals surface area contributed by atoms with Gasteiger partial charge < -0.3 is 20.3 Å². The van der Waals surface area contributed by atoms with Crippen LogP contribution < -0.4 is 15.2 Å². The van der Waals surface area contributed by atoms with Gasteiger partial charge in [-0.05, 0) is 29.8 Å². The first-order valence-electron chi connectivity index (χ1n) is 6.10. The highest BCUT2D eigenvalue weighted by Crippen LogP contribution is 2.35. The van der Waals surface area contributed by atoms with Crippen LogP contribution in [0, 0.1) is 0 Å². The topological polar surface area (TPSA) is 81.8 Å². The standard InChI is InChI=1S/C15H14ClNO4/c1-20-13-7-9(8-18)5-6-11(13)21-12-4-2-3-10(16)14(12)15(17)19/h2-7,18H,8H2,1H3,(H2,17,19). The number of halogens is 1. The van der Waals surface area contributed by atoms with Gasteiger partial charge in [-0.25, -0.2) is 0 Å². The fourth-order valence-electron chi connectivity index (χ4n) is 1.84. The van der Waals surface area contributed by atoms with Gasteiger partial charge in [0, 0.05) is 0 Å². The summed E-state index contributed by atoms with van der Waals surface area (Å²) in [6.07, 6.45) is 0. The van der Waals surface area contributed by atoms with E-state index in [0.717, 1.165) is 0 Å². The smallest absolute Gasteiger partial charge is 0.254 e. The van der Waals surface area contributed by atoms with Crippen molar-refractivity contribution in [1.29, 1.82) is 0 Å². The van der Waals surface area contributed by atoms with Crippen LogP contribution in [0.1, 0.15) is 15.9 Å². The van der Waals surface area contributed by atoms with E-state index in [1.807, 2.05) is 0 Å². The molecule has 2 rings (SSSR count). The van der Waals surface area contributed by atoms with Crippen molar-refractivity contribution in [1.82, 2.24) is 0 Å². The minimum absolute atomic E-state index is 0.104. The third-order valence-corrected chi connectivity index (χ3v) is 3.17. The number of methoxy groups -OCH3 is 1. The maximum Gasteiger partial charge on any atom is 0.254 e. The zero-order valence-corrected chi connectivity index (χ0v) is 12.1. The predicted molar refractivity (Wildman–Crippen MR) is 79.0 cm³/mol. The Balaban J connectivity index is 2.43. The molecule has 1 amide bonds. The first kappa shape index (κ1) is 15.2. The number of carbonyl (C=O) groups excluding carboxylic acids is 1. The molecule has 3 N–H and O–H groups in total. The molecule has 0 saturated heterocycles. The summed E-state index contributed by atoms with van der Waals surface area (Å²) in [6.45, 7) is -0.111. The molecular formula is C15H14ClNO4. The van der Waals surface area contributed by atoms with Crippen molar-refractivity contribution in [3.63, 3.8) is 0 Å². The Labute approximate surface area is 126 Å². The van der Waals surface area contributed by atoms with Gasteiger partial charge in [0.25, 0.3) is 5.91 Å². The van der Waals surface area contributed by atoms with Crippen LogP contribution in [0.5, 0.6) is 17.2 Å². The molecule has 21 heavy (non-hydrogen) atoms. The number of nitrogens with two attached hydrogens (primary N) is 1. The maximum absolute atomic E-state index is 11.5. The van der Waals surface area contributed by atoms with Crippen LogP contribution in [0.4, 0.5) is 0 Å². The summed E-state index contributed by atoms with van der Waals surface area (Å²) in [5, 5.41) is 9.33. The van der Waals surface area contributed by atoms with Crippen LogP contribution >= 0.6 is 11.6 Å². The molecule has 110 valence electrons. The molecule has 0 spiro atoms. The minimum Gasteiger partial charge on any atom is -0.493 e. The van der Waals surface area contributed by atoms with E-state index in [1.54, 1.807) is 36.4 Å². The molecule has 0 aliphatic rings. The molecule has 0 aliphatic heterocycles. The molecule has 0 saturated carbocycles. The Morgan fingerprint density at radius 3 is 2.62 bits per heavy atom. The van der Waals surface area contributed by atoms with Crippen LogP contribution in [-0.2, 0) is 6.61 Å². The molecule has 0 aromatic heterocycles. The zero-order chi connectivity index (χ0) is 15.4. The Morgan fingerprint density at radius 2 is 2.00 bits per heavy atom. The van der Waals surface area contributed by atoms with Crippen LogP contribution in [0.15, 0.2) is 36.4 Å². The molecule has 6 heteroatoms. The second-order valence-electron chi connectivity index (χ2n) is 4.22. The number of aliphatic hydroxyl groups is 1. The Kier molecular flexibility index (Phi) is 4.67. The van der Waals surface area contributed by atoms with Crippen LogP contribution in [0.25, 0.3) is 0 Å². The van der Waals surface area contributed by atoms with E-state index in [2.05, 4.69) is 0 Å². The second kappa shape index (κ2) is 6.47. The number of rotatable bonds is 5. The SMILES string of the molecule is COc1cc(CO)ccc1Oc1cccc(Cl)c1C(N)=O. The van der Waals surface area contributed by atoms with Crippen molar-refractivity contribution in [2.45, 2.75) is 6.61 Å². The van der Waals surface area contributed by atoms with E-state index >= 15 is 0 Å². The summed E-state index contributed by atoms with van der Waals surface area (Å²) in [7, 11) is 1.48. The van der Waals surface area contributed by atoms with Crippen LogP contribution in [0.3, 0.4) is 0 Å². The summed E-state index contributed by atoms with van der Waals surface area (Å²) in [4.78, 5) is 11.5. The molecule has 0 atom stereocenters. The molecule has 0 unspecified atom stereocenters. The summed E-state index contributed by atoms with van der Waals surface area (Å²) in [6, 6.07) is 9.76. The van der Waals surface area contributed by atoms with E-state index in [-0.39, 0.29) is 22.9 Å². The van der Waals surface area contributed by atoms with Crippen molar-refractivity contribution in [3.05, 3.63) is 52.5 Å². The van der Waals surface area contributed by atoms with Gasteiger partial charge in [0.1, 0.15) is 11.3 Å². The number of hydrogen-bond acceptors (Lipinski definition) is 4. The highest BCUT2D eigenvalue weighted by molar-refractivity contribution is 6.34. The van der Waals surface area contributed by atoms with Crippen LogP contribution in [0.2, 0.25) is 5.02 Å². The quantitative estimate of drug-likeness (QED) is 0.890. The molecule has 0 heterocycles. The predicted octanol–water partition coefficient (Wildman–Crippen LogP) is 2.73. The summed E-state index contributed by atoms with van der Waals surface area (Å²) >= 11 is 5.97.